The largest absolute Gasteiger partial charge is 0.309 e. The van der Waals surface area contributed by atoms with E-state index in [-0.39, 0.29) is 0 Å². The van der Waals surface area contributed by atoms with Gasteiger partial charge in [0.1, 0.15) is 0 Å². The first-order chi connectivity index (χ1) is 28.3. The number of para-hydroxylation sites is 2. The third-order valence-electron chi connectivity index (χ3n) is 12.7. The molecule has 0 N–H and O–H groups in total. The highest BCUT2D eigenvalue weighted by molar-refractivity contribution is 6.28. The molecule has 0 aliphatic rings. The fourth-order valence-electron chi connectivity index (χ4n) is 10.1. The fourth-order valence-corrected chi connectivity index (χ4v) is 10.1. The Kier molecular flexibility index (Phi) is 6.23. The number of nitrogens with zero attached hydrogens (tertiary/aromatic N) is 1. The van der Waals surface area contributed by atoms with Gasteiger partial charge in [0.2, 0.25) is 0 Å². The van der Waals surface area contributed by atoms with Gasteiger partial charge in [0.15, 0.2) is 0 Å². The highest BCUT2D eigenvalue weighted by atomic mass is 15.0. The zero-order valence-electron chi connectivity index (χ0n) is 31.0. The van der Waals surface area contributed by atoms with Crippen molar-refractivity contribution in [2.45, 2.75) is 0 Å². The predicted octanol–water partition coefficient (Wildman–Crippen LogP) is 15.6. The van der Waals surface area contributed by atoms with E-state index >= 15 is 0 Å². The van der Waals surface area contributed by atoms with E-state index in [0.717, 1.165) is 0 Å². The summed E-state index contributed by atoms with van der Waals surface area (Å²) in [6.07, 6.45) is 0. The van der Waals surface area contributed by atoms with E-state index < -0.39 is 0 Å². The van der Waals surface area contributed by atoms with Crippen LogP contribution < -0.4 is 0 Å². The molecular weight excluding hydrogens is 687 g/mol. The van der Waals surface area contributed by atoms with Crippen LogP contribution in [0.4, 0.5) is 0 Å². The Hall–Kier alpha value is -7.48. The third-order valence-corrected chi connectivity index (χ3v) is 12.7. The van der Waals surface area contributed by atoms with Gasteiger partial charge in [0, 0.05) is 16.5 Å². The van der Waals surface area contributed by atoms with Crippen molar-refractivity contribution in [1.29, 1.82) is 0 Å². The number of benzene rings is 12. The summed E-state index contributed by atoms with van der Waals surface area (Å²) in [7, 11) is 0. The van der Waals surface area contributed by atoms with Gasteiger partial charge < -0.3 is 4.57 Å². The summed E-state index contributed by atoms with van der Waals surface area (Å²) in [4.78, 5) is 0. The highest BCUT2D eigenvalue weighted by Crippen LogP contribution is 2.44. The lowest BCUT2D eigenvalue weighted by Gasteiger charge is -2.17. The predicted molar refractivity (Wildman–Crippen MR) is 244 cm³/mol. The molecule has 1 aromatic heterocycles. The summed E-state index contributed by atoms with van der Waals surface area (Å²) in [6.45, 7) is 0. The molecule has 13 rings (SSSR count). The van der Waals surface area contributed by atoms with E-state index in [2.05, 4.69) is 205 Å². The Morgan fingerprint density at radius 3 is 1.04 bits per heavy atom. The Bertz CT molecular complexity index is 3650. The number of hydrogen-bond acceptors (Lipinski definition) is 0. The molecule has 13 aromatic rings. The minimum Gasteiger partial charge on any atom is -0.309 e. The molecule has 1 heterocycles. The zero-order chi connectivity index (χ0) is 37.2. The van der Waals surface area contributed by atoms with Gasteiger partial charge in [-0.1, -0.05) is 176 Å². The maximum Gasteiger partial charge on any atom is 0.0541 e. The SMILES string of the molecule is c1cc2ccc3ccc(-c4ccc(-c5ccc6ccc7c(-c8ccc(-n9c%10ccccc%10c%10ccccc%109)cc8)ccc8ccc5c6c87)cc4)c4ccc(c1)c2c34. The minimum atomic E-state index is 1.17. The molecule has 0 saturated heterocycles. The van der Waals surface area contributed by atoms with Gasteiger partial charge in [-0.3, -0.25) is 0 Å². The number of aromatic nitrogens is 1. The maximum absolute atomic E-state index is 2.39. The lowest BCUT2D eigenvalue weighted by atomic mass is 9.86. The van der Waals surface area contributed by atoms with Gasteiger partial charge in [0.05, 0.1) is 11.0 Å². The number of hydrogen-bond donors (Lipinski definition) is 0. The van der Waals surface area contributed by atoms with Crippen LogP contribution in [0.25, 0.3) is 126 Å². The minimum absolute atomic E-state index is 1.17. The van der Waals surface area contributed by atoms with Crippen LogP contribution in [0.1, 0.15) is 0 Å². The average Bonchev–Trinajstić information content (AvgIpc) is 3.62. The molecule has 1 heteroatoms. The Morgan fingerprint density at radius 2 is 0.579 bits per heavy atom. The Balaban J connectivity index is 0.914. The van der Waals surface area contributed by atoms with E-state index in [1.54, 1.807) is 0 Å². The molecule has 0 saturated carbocycles. The lowest BCUT2D eigenvalue weighted by molar-refractivity contribution is 1.18. The molecule has 12 aromatic carbocycles. The summed E-state index contributed by atoms with van der Waals surface area (Å²) in [5.74, 6) is 0. The Labute approximate surface area is 328 Å². The van der Waals surface area contributed by atoms with Crippen molar-refractivity contribution in [2.75, 3.05) is 0 Å². The van der Waals surface area contributed by atoms with Crippen LogP contribution in [-0.4, -0.2) is 4.57 Å². The van der Waals surface area contributed by atoms with Crippen molar-refractivity contribution < 1.29 is 0 Å². The number of fused-ring (bicyclic) bond motifs is 3. The second-order valence-corrected chi connectivity index (χ2v) is 15.6. The summed E-state index contributed by atoms with van der Waals surface area (Å²) in [5, 5.41) is 18.3. The van der Waals surface area contributed by atoms with Crippen molar-refractivity contribution >= 4 is 86.4 Å². The zero-order valence-corrected chi connectivity index (χ0v) is 31.0. The van der Waals surface area contributed by atoms with Crippen molar-refractivity contribution in [2.24, 2.45) is 0 Å². The lowest BCUT2D eigenvalue weighted by Crippen LogP contribution is -1.94. The molecule has 0 aliphatic heterocycles. The topological polar surface area (TPSA) is 4.93 Å². The first kappa shape index (κ1) is 30.8. The molecular formula is C56H33N. The van der Waals surface area contributed by atoms with E-state index in [1.807, 2.05) is 0 Å². The summed E-state index contributed by atoms with van der Waals surface area (Å²) in [5.41, 5.74) is 11.1. The second kappa shape index (κ2) is 11.5. The van der Waals surface area contributed by atoms with Gasteiger partial charge in [-0.25, -0.2) is 0 Å². The molecule has 0 bridgehead atoms. The van der Waals surface area contributed by atoms with E-state index in [9.17, 15) is 0 Å². The molecule has 0 amide bonds. The summed E-state index contributed by atoms with van der Waals surface area (Å²) < 4.78 is 2.39. The molecule has 0 unspecified atom stereocenters. The molecule has 0 fully saturated rings. The third kappa shape index (κ3) is 4.34. The van der Waals surface area contributed by atoms with Crippen LogP contribution in [0.2, 0.25) is 0 Å². The van der Waals surface area contributed by atoms with Gasteiger partial charge in [0.25, 0.3) is 0 Å². The quantitative estimate of drug-likeness (QED) is 0.160. The van der Waals surface area contributed by atoms with Crippen LogP contribution in [-0.2, 0) is 0 Å². The molecule has 0 atom stereocenters. The van der Waals surface area contributed by atoms with E-state index in [4.69, 9.17) is 0 Å². The van der Waals surface area contributed by atoms with Crippen LogP contribution in [0.15, 0.2) is 200 Å². The molecule has 0 radical (unpaired) electrons. The first-order valence-electron chi connectivity index (χ1n) is 19.8. The standard InChI is InChI=1S/C56H33N/c1-3-10-51-46(8-1)47-9-2-4-11-52(47)57(51)42-26-18-36(19-27-42)45-30-22-41-24-32-49-44(29-21-40-25-33-50(45)56(41)55(40)49)35-14-12-34(13-15-35)43-28-20-39-17-16-37-6-5-7-38-23-31-48(43)54(39)53(37)38/h1-33H. The van der Waals surface area contributed by atoms with Crippen LogP contribution in [0, 0.1) is 0 Å². The van der Waals surface area contributed by atoms with Gasteiger partial charge in [-0.15, -0.1) is 0 Å². The van der Waals surface area contributed by atoms with Crippen LogP contribution >= 0.6 is 0 Å². The normalized spacial score (nSPS) is 12.2. The van der Waals surface area contributed by atoms with E-state index in [0.29, 0.717) is 0 Å². The van der Waals surface area contributed by atoms with Crippen molar-refractivity contribution in [3.63, 3.8) is 0 Å². The molecule has 0 spiro atoms. The first-order valence-corrected chi connectivity index (χ1v) is 19.8. The number of rotatable bonds is 4. The van der Waals surface area contributed by atoms with Crippen molar-refractivity contribution in [3.8, 4) is 39.1 Å². The monoisotopic (exact) mass is 719 g/mol. The van der Waals surface area contributed by atoms with Gasteiger partial charge in [-0.05, 0) is 122 Å². The van der Waals surface area contributed by atoms with Gasteiger partial charge >= 0.3 is 0 Å². The highest BCUT2D eigenvalue weighted by Gasteiger charge is 2.17. The molecule has 57 heavy (non-hydrogen) atoms. The van der Waals surface area contributed by atoms with Crippen molar-refractivity contribution in [1.82, 2.24) is 4.57 Å². The molecule has 262 valence electrons. The maximum atomic E-state index is 2.39. The molecule has 1 nitrogen and oxygen atoms in total. The van der Waals surface area contributed by atoms with Crippen LogP contribution in [0.3, 0.4) is 0 Å². The van der Waals surface area contributed by atoms with E-state index in [1.165, 1.54) is 126 Å². The fraction of sp³-hybridized carbons (Fsp3) is 0. The van der Waals surface area contributed by atoms with Crippen LogP contribution in [0.5, 0.6) is 0 Å². The van der Waals surface area contributed by atoms with Gasteiger partial charge in [-0.2, -0.15) is 0 Å². The Morgan fingerprint density at radius 1 is 0.228 bits per heavy atom. The molecule has 0 aliphatic carbocycles. The average molecular weight is 720 g/mol. The summed E-state index contributed by atoms with van der Waals surface area (Å²) >= 11 is 0. The van der Waals surface area contributed by atoms with Crippen molar-refractivity contribution in [3.05, 3.63) is 200 Å². The summed E-state index contributed by atoms with van der Waals surface area (Å²) in [6, 6.07) is 74.5. The second-order valence-electron chi connectivity index (χ2n) is 15.6. The smallest absolute Gasteiger partial charge is 0.0541 e.